The van der Waals surface area contributed by atoms with Gasteiger partial charge in [0, 0.05) is 18.3 Å². The molecule has 0 saturated carbocycles. The van der Waals surface area contributed by atoms with E-state index in [1.165, 1.54) is 13.8 Å². The minimum atomic E-state index is -1.26. The van der Waals surface area contributed by atoms with E-state index in [1.807, 2.05) is 0 Å². The van der Waals surface area contributed by atoms with E-state index in [9.17, 15) is 24.0 Å². The predicted molar refractivity (Wildman–Crippen MR) is 124 cm³/mol. The largest absolute Gasteiger partial charge is 0.451 e. The number of carbonyl (C=O) groups is 5. The number of hydrogen-bond acceptors (Lipinski definition) is 6. The van der Waals surface area contributed by atoms with Crippen molar-refractivity contribution in [1.29, 1.82) is 0 Å². The first-order valence-corrected chi connectivity index (χ1v) is 10.7. The summed E-state index contributed by atoms with van der Waals surface area (Å²) >= 11 is 0. The van der Waals surface area contributed by atoms with Crippen LogP contribution in [0.4, 0.5) is 16.2 Å². The van der Waals surface area contributed by atoms with Crippen LogP contribution in [0.15, 0.2) is 54.6 Å². The Labute approximate surface area is 196 Å². The number of nitrogens with one attached hydrogen (secondary N) is 3. The van der Waals surface area contributed by atoms with Crippen molar-refractivity contribution in [3.8, 4) is 0 Å². The van der Waals surface area contributed by atoms with Gasteiger partial charge in [-0.15, -0.1) is 0 Å². The standard InChI is InChI=1S/C24H26N4O6/c1-4-24(17-8-6-5-7-9-17)22(32)28(23(33)27-24)14-20(30)34-15(2)21(31)26-19-12-10-18(11-13-19)25-16(3)29/h5-13,15H,4,14H2,1-3H3,(H,25,29)(H,26,31)(H,27,33)/t15-,24+/m0/s1. The molecule has 3 rings (SSSR count). The molecule has 1 aliphatic rings. The summed E-state index contributed by atoms with van der Waals surface area (Å²) in [4.78, 5) is 62.3. The first-order valence-electron chi connectivity index (χ1n) is 10.7. The molecule has 1 fully saturated rings. The number of imide groups is 1. The summed E-state index contributed by atoms with van der Waals surface area (Å²) in [6.45, 7) is 3.91. The Bertz CT molecular complexity index is 1100. The number of carbonyl (C=O) groups excluding carboxylic acids is 5. The van der Waals surface area contributed by atoms with Crippen molar-refractivity contribution < 1.29 is 28.7 Å². The second kappa shape index (κ2) is 10.2. The molecular weight excluding hydrogens is 440 g/mol. The molecule has 0 bridgehead atoms. The summed E-state index contributed by atoms with van der Waals surface area (Å²) in [6.07, 6.45) is -0.875. The third kappa shape index (κ3) is 5.22. The number of rotatable bonds is 8. The molecule has 10 heteroatoms. The molecule has 1 saturated heterocycles. The van der Waals surface area contributed by atoms with Gasteiger partial charge >= 0.3 is 12.0 Å². The van der Waals surface area contributed by atoms with E-state index in [2.05, 4.69) is 16.0 Å². The van der Waals surface area contributed by atoms with Crippen LogP contribution in [0.3, 0.4) is 0 Å². The van der Waals surface area contributed by atoms with Gasteiger partial charge in [0.1, 0.15) is 12.1 Å². The maximum atomic E-state index is 13.1. The highest BCUT2D eigenvalue weighted by Crippen LogP contribution is 2.32. The molecule has 0 aromatic heterocycles. The van der Waals surface area contributed by atoms with Crippen LogP contribution in [0.25, 0.3) is 0 Å². The van der Waals surface area contributed by atoms with Crippen molar-refractivity contribution in [3.05, 3.63) is 60.2 Å². The van der Waals surface area contributed by atoms with Crippen LogP contribution in [-0.4, -0.2) is 47.3 Å². The van der Waals surface area contributed by atoms with Crippen molar-refractivity contribution in [2.75, 3.05) is 17.2 Å². The van der Waals surface area contributed by atoms with Crippen molar-refractivity contribution in [2.24, 2.45) is 0 Å². The van der Waals surface area contributed by atoms with Crippen LogP contribution in [0.2, 0.25) is 0 Å². The third-order valence-electron chi connectivity index (χ3n) is 5.41. The molecule has 34 heavy (non-hydrogen) atoms. The average molecular weight is 466 g/mol. The Hall–Kier alpha value is -4.21. The lowest BCUT2D eigenvalue weighted by atomic mass is 9.87. The summed E-state index contributed by atoms with van der Waals surface area (Å²) in [5.74, 6) is -2.26. The number of ether oxygens (including phenoxy) is 1. The minimum Gasteiger partial charge on any atom is -0.451 e. The van der Waals surface area contributed by atoms with Crippen LogP contribution in [0, 0.1) is 0 Å². The highest BCUT2D eigenvalue weighted by molar-refractivity contribution is 6.09. The third-order valence-corrected chi connectivity index (χ3v) is 5.41. The Morgan fingerprint density at radius 2 is 1.59 bits per heavy atom. The molecule has 5 amide bonds. The van der Waals surface area contributed by atoms with Gasteiger partial charge in [0.2, 0.25) is 5.91 Å². The van der Waals surface area contributed by atoms with Gasteiger partial charge in [-0.1, -0.05) is 37.3 Å². The Morgan fingerprint density at radius 3 is 2.15 bits per heavy atom. The van der Waals surface area contributed by atoms with Crippen molar-refractivity contribution in [2.45, 2.75) is 38.8 Å². The molecule has 0 unspecified atom stereocenters. The van der Waals surface area contributed by atoms with E-state index in [0.717, 1.165) is 4.90 Å². The quantitative estimate of drug-likeness (QED) is 0.404. The fraction of sp³-hybridized carbons (Fsp3) is 0.292. The van der Waals surface area contributed by atoms with Crippen molar-refractivity contribution in [1.82, 2.24) is 10.2 Å². The molecule has 1 aliphatic heterocycles. The van der Waals surface area contributed by atoms with Crippen LogP contribution < -0.4 is 16.0 Å². The van der Waals surface area contributed by atoms with Gasteiger partial charge in [-0.25, -0.2) is 4.79 Å². The fourth-order valence-corrected chi connectivity index (χ4v) is 3.63. The average Bonchev–Trinajstić information content (AvgIpc) is 3.05. The van der Waals surface area contributed by atoms with Crippen molar-refractivity contribution >= 4 is 41.1 Å². The van der Waals surface area contributed by atoms with Crippen LogP contribution in [-0.2, 0) is 29.5 Å². The maximum absolute atomic E-state index is 13.1. The van der Waals surface area contributed by atoms with Gasteiger partial charge in [-0.05, 0) is 43.2 Å². The predicted octanol–water partition coefficient (Wildman–Crippen LogP) is 2.37. The second-order valence-electron chi connectivity index (χ2n) is 7.83. The number of urea groups is 1. The summed E-state index contributed by atoms with van der Waals surface area (Å²) in [7, 11) is 0. The van der Waals surface area contributed by atoms with Gasteiger partial charge in [0.25, 0.3) is 11.8 Å². The second-order valence-corrected chi connectivity index (χ2v) is 7.83. The Kier molecular flexibility index (Phi) is 7.30. The van der Waals surface area contributed by atoms with Gasteiger partial charge < -0.3 is 20.7 Å². The number of amides is 5. The monoisotopic (exact) mass is 466 g/mol. The summed E-state index contributed by atoms with van der Waals surface area (Å²) in [5.41, 5.74) is 0.359. The lowest BCUT2D eigenvalue weighted by Gasteiger charge is -2.25. The smallest absolute Gasteiger partial charge is 0.327 e. The van der Waals surface area contributed by atoms with E-state index >= 15 is 0 Å². The van der Waals surface area contributed by atoms with E-state index in [-0.39, 0.29) is 5.91 Å². The summed E-state index contributed by atoms with van der Waals surface area (Å²) in [6, 6.07) is 14.5. The Morgan fingerprint density at radius 1 is 1.00 bits per heavy atom. The SMILES string of the molecule is CC[C@]1(c2ccccc2)NC(=O)N(CC(=O)O[C@@H](C)C(=O)Nc2ccc(NC(C)=O)cc2)C1=O. The highest BCUT2D eigenvalue weighted by atomic mass is 16.5. The molecule has 178 valence electrons. The lowest BCUT2D eigenvalue weighted by molar-refractivity contribution is -0.155. The molecule has 2 aromatic carbocycles. The van der Waals surface area contributed by atoms with E-state index in [1.54, 1.807) is 61.5 Å². The molecule has 0 spiro atoms. The zero-order valence-corrected chi connectivity index (χ0v) is 19.1. The molecular formula is C24H26N4O6. The topological polar surface area (TPSA) is 134 Å². The van der Waals surface area contributed by atoms with Gasteiger partial charge in [0.05, 0.1) is 0 Å². The number of nitrogens with zero attached hydrogens (tertiary/aromatic N) is 1. The molecule has 1 heterocycles. The van der Waals surface area contributed by atoms with E-state index < -0.39 is 42.0 Å². The van der Waals surface area contributed by atoms with Gasteiger partial charge in [-0.3, -0.25) is 24.1 Å². The maximum Gasteiger partial charge on any atom is 0.327 e. The lowest BCUT2D eigenvalue weighted by Crippen LogP contribution is -2.44. The number of hydrogen-bond donors (Lipinski definition) is 3. The van der Waals surface area contributed by atoms with Crippen LogP contribution in [0.5, 0.6) is 0 Å². The van der Waals surface area contributed by atoms with E-state index in [4.69, 9.17) is 4.74 Å². The zero-order chi connectivity index (χ0) is 24.9. The first-order chi connectivity index (χ1) is 16.2. The van der Waals surface area contributed by atoms with Crippen LogP contribution >= 0.6 is 0 Å². The zero-order valence-electron chi connectivity index (χ0n) is 19.1. The van der Waals surface area contributed by atoms with Crippen LogP contribution in [0.1, 0.15) is 32.8 Å². The molecule has 10 nitrogen and oxygen atoms in total. The highest BCUT2D eigenvalue weighted by Gasteiger charge is 2.51. The van der Waals surface area contributed by atoms with E-state index in [0.29, 0.717) is 23.4 Å². The molecule has 0 aliphatic carbocycles. The molecule has 3 N–H and O–H groups in total. The fourth-order valence-electron chi connectivity index (χ4n) is 3.63. The normalized spacial score (nSPS) is 18.1. The molecule has 0 radical (unpaired) electrons. The van der Waals surface area contributed by atoms with Gasteiger partial charge in [-0.2, -0.15) is 0 Å². The number of anilines is 2. The first kappa shape index (κ1) is 24.4. The summed E-state index contributed by atoms with van der Waals surface area (Å²) in [5, 5.41) is 7.89. The minimum absolute atomic E-state index is 0.220. The number of benzene rings is 2. The van der Waals surface area contributed by atoms with Gasteiger partial charge in [0.15, 0.2) is 6.10 Å². The summed E-state index contributed by atoms with van der Waals surface area (Å²) < 4.78 is 5.14. The Balaban J connectivity index is 1.59. The number of esters is 1. The molecule has 2 aromatic rings. The molecule has 2 atom stereocenters. The van der Waals surface area contributed by atoms with Crippen molar-refractivity contribution in [3.63, 3.8) is 0 Å².